The lowest BCUT2D eigenvalue weighted by molar-refractivity contribution is 0.0692. The van der Waals surface area contributed by atoms with Crippen LogP contribution in [-0.2, 0) is 0 Å². The standard InChI is InChI=1S/C7H5F2NO3/c8-4-2-5(9)6(10-13)1-3(4)7(11)12/h1-2,10,13H,(H,11,12). The third-order valence-electron chi connectivity index (χ3n) is 1.41. The van der Waals surface area contributed by atoms with Gasteiger partial charge in [-0.3, -0.25) is 10.7 Å². The summed E-state index contributed by atoms with van der Waals surface area (Å²) in [6.45, 7) is 0. The van der Waals surface area contributed by atoms with E-state index < -0.39 is 28.9 Å². The molecule has 1 aromatic carbocycles. The minimum atomic E-state index is -1.53. The molecule has 1 aromatic rings. The molecular weight excluding hydrogens is 184 g/mol. The molecule has 1 rings (SSSR count). The molecule has 0 aromatic heterocycles. The average Bonchev–Trinajstić information content (AvgIpc) is 2.03. The maximum absolute atomic E-state index is 12.7. The van der Waals surface area contributed by atoms with Crippen LogP contribution in [0.3, 0.4) is 0 Å². The second kappa shape index (κ2) is 3.36. The van der Waals surface area contributed by atoms with E-state index in [2.05, 4.69) is 0 Å². The summed E-state index contributed by atoms with van der Waals surface area (Å²) in [6, 6.07) is 1.04. The van der Waals surface area contributed by atoms with Crippen LogP contribution < -0.4 is 5.48 Å². The summed E-state index contributed by atoms with van der Waals surface area (Å²) in [5.41, 5.74) is 0.215. The molecule has 0 aliphatic carbocycles. The van der Waals surface area contributed by atoms with Crippen LogP contribution in [0.15, 0.2) is 12.1 Å². The van der Waals surface area contributed by atoms with E-state index in [1.165, 1.54) is 5.48 Å². The second-order valence-corrected chi connectivity index (χ2v) is 2.23. The van der Waals surface area contributed by atoms with Crippen LogP contribution in [0.25, 0.3) is 0 Å². The number of carboxylic acid groups (broad SMARTS) is 1. The van der Waals surface area contributed by atoms with Crippen LogP contribution in [0.4, 0.5) is 14.5 Å². The first-order valence-corrected chi connectivity index (χ1v) is 3.18. The molecule has 0 unspecified atom stereocenters. The summed E-state index contributed by atoms with van der Waals surface area (Å²) in [5.74, 6) is -3.79. The van der Waals surface area contributed by atoms with E-state index in [1.807, 2.05) is 0 Å². The van der Waals surface area contributed by atoms with E-state index in [9.17, 15) is 13.6 Å². The largest absolute Gasteiger partial charge is 0.478 e. The van der Waals surface area contributed by atoms with Crippen molar-refractivity contribution in [2.75, 3.05) is 5.48 Å². The van der Waals surface area contributed by atoms with Crippen molar-refractivity contribution in [1.82, 2.24) is 0 Å². The van der Waals surface area contributed by atoms with E-state index >= 15 is 0 Å². The Morgan fingerprint density at radius 2 is 1.92 bits per heavy atom. The smallest absolute Gasteiger partial charge is 0.338 e. The average molecular weight is 189 g/mol. The predicted octanol–water partition coefficient (Wildman–Crippen LogP) is 1.46. The highest BCUT2D eigenvalue weighted by molar-refractivity contribution is 5.89. The van der Waals surface area contributed by atoms with E-state index in [0.717, 1.165) is 0 Å². The number of nitrogens with one attached hydrogen (secondary N) is 1. The van der Waals surface area contributed by atoms with Gasteiger partial charge in [0.2, 0.25) is 0 Å². The monoisotopic (exact) mass is 189 g/mol. The Morgan fingerprint density at radius 3 is 2.38 bits per heavy atom. The lowest BCUT2D eigenvalue weighted by Gasteiger charge is -2.03. The zero-order valence-electron chi connectivity index (χ0n) is 6.21. The van der Waals surface area contributed by atoms with Crippen LogP contribution >= 0.6 is 0 Å². The number of anilines is 1. The van der Waals surface area contributed by atoms with Crippen LogP contribution in [0, 0.1) is 11.6 Å². The lowest BCUT2D eigenvalue weighted by Crippen LogP contribution is -2.04. The molecule has 0 bridgehead atoms. The minimum Gasteiger partial charge on any atom is -0.478 e. The Balaban J connectivity index is 3.30. The van der Waals surface area contributed by atoms with Gasteiger partial charge in [0.15, 0.2) is 5.82 Å². The van der Waals surface area contributed by atoms with Gasteiger partial charge in [-0.15, -0.1) is 0 Å². The zero-order chi connectivity index (χ0) is 10.0. The Hall–Kier alpha value is -1.69. The van der Waals surface area contributed by atoms with Crippen LogP contribution in [-0.4, -0.2) is 16.3 Å². The Morgan fingerprint density at radius 1 is 1.31 bits per heavy atom. The third-order valence-corrected chi connectivity index (χ3v) is 1.41. The topological polar surface area (TPSA) is 69.6 Å². The van der Waals surface area contributed by atoms with Crippen molar-refractivity contribution >= 4 is 11.7 Å². The number of rotatable bonds is 2. The Bertz CT molecular complexity index is 354. The Kier molecular flexibility index (Phi) is 2.43. The maximum Gasteiger partial charge on any atom is 0.338 e. The van der Waals surface area contributed by atoms with Gasteiger partial charge in [0.25, 0.3) is 0 Å². The number of halogens is 2. The highest BCUT2D eigenvalue weighted by atomic mass is 19.1. The number of hydrogen-bond donors (Lipinski definition) is 3. The summed E-state index contributed by atoms with van der Waals surface area (Å²) in [6.07, 6.45) is 0. The van der Waals surface area contributed by atoms with Gasteiger partial charge in [-0.1, -0.05) is 0 Å². The van der Waals surface area contributed by atoms with Crippen molar-refractivity contribution in [3.8, 4) is 0 Å². The van der Waals surface area contributed by atoms with E-state index in [4.69, 9.17) is 10.3 Å². The molecule has 0 spiro atoms. The van der Waals surface area contributed by atoms with Crippen molar-refractivity contribution < 1.29 is 23.9 Å². The first kappa shape index (κ1) is 9.40. The first-order valence-electron chi connectivity index (χ1n) is 3.18. The molecule has 0 radical (unpaired) electrons. The van der Waals surface area contributed by atoms with Crippen LogP contribution in [0.1, 0.15) is 10.4 Å². The van der Waals surface area contributed by atoms with Crippen molar-refractivity contribution in [1.29, 1.82) is 0 Å². The van der Waals surface area contributed by atoms with Crippen LogP contribution in [0.2, 0.25) is 0 Å². The first-order chi connectivity index (χ1) is 6.06. The van der Waals surface area contributed by atoms with Crippen molar-refractivity contribution in [2.24, 2.45) is 0 Å². The molecule has 6 heteroatoms. The molecule has 0 atom stereocenters. The fourth-order valence-corrected chi connectivity index (χ4v) is 0.799. The maximum atomic E-state index is 12.7. The summed E-state index contributed by atoms with van der Waals surface area (Å²) < 4.78 is 25.3. The number of carbonyl (C=O) groups is 1. The number of aromatic carboxylic acids is 1. The van der Waals surface area contributed by atoms with Gasteiger partial charge in [-0.25, -0.2) is 13.6 Å². The predicted molar refractivity (Wildman–Crippen MR) is 38.7 cm³/mol. The molecular formula is C7H5F2NO3. The molecule has 3 N–H and O–H groups in total. The fraction of sp³-hybridized carbons (Fsp3) is 0. The molecule has 13 heavy (non-hydrogen) atoms. The van der Waals surface area contributed by atoms with Gasteiger partial charge < -0.3 is 5.11 Å². The van der Waals surface area contributed by atoms with Crippen molar-refractivity contribution in [3.05, 3.63) is 29.3 Å². The number of hydrogen-bond acceptors (Lipinski definition) is 3. The molecule has 0 saturated carbocycles. The summed E-state index contributed by atoms with van der Waals surface area (Å²) in [5, 5.41) is 16.7. The quantitative estimate of drug-likeness (QED) is 0.616. The summed E-state index contributed by atoms with van der Waals surface area (Å²) >= 11 is 0. The fourth-order valence-electron chi connectivity index (χ4n) is 0.799. The third kappa shape index (κ3) is 1.73. The normalized spacial score (nSPS) is 9.77. The molecule has 4 nitrogen and oxygen atoms in total. The number of carboxylic acids is 1. The van der Waals surface area contributed by atoms with Crippen molar-refractivity contribution in [3.63, 3.8) is 0 Å². The molecule has 0 aliphatic rings. The van der Waals surface area contributed by atoms with Crippen LogP contribution in [0.5, 0.6) is 0 Å². The highest BCUT2D eigenvalue weighted by Crippen LogP contribution is 2.18. The Labute approximate surface area is 71.4 Å². The summed E-state index contributed by atoms with van der Waals surface area (Å²) in [7, 11) is 0. The van der Waals surface area contributed by atoms with Crippen molar-refractivity contribution in [2.45, 2.75) is 0 Å². The van der Waals surface area contributed by atoms with Gasteiger partial charge in [-0.05, 0) is 6.07 Å². The molecule has 0 heterocycles. The molecule has 0 saturated heterocycles. The van der Waals surface area contributed by atoms with Gasteiger partial charge in [0.1, 0.15) is 5.82 Å². The van der Waals surface area contributed by atoms with E-state index in [0.29, 0.717) is 12.1 Å². The zero-order valence-corrected chi connectivity index (χ0v) is 6.21. The van der Waals surface area contributed by atoms with E-state index in [-0.39, 0.29) is 0 Å². The molecule has 70 valence electrons. The SMILES string of the molecule is O=C(O)c1cc(NO)c(F)cc1F. The number of benzene rings is 1. The second-order valence-electron chi connectivity index (χ2n) is 2.23. The molecule has 0 fully saturated rings. The van der Waals surface area contributed by atoms with Gasteiger partial charge in [-0.2, -0.15) is 0 Å². The van der Waals surface area contributed by atoms with E-state index in [1.54, 1.807) is 0 Å². The lowest BCUT2D eigenvalue weighted by atomic mass is 10.2. The summed E-state index contributed by atoms with van der Waals surface area (Å²) in [4.78, 5) is 10.3. The van der Waals surface area contributed by atoms with Gasteiger partial charge >= 0.3 is 5.97 Å². The minimum absolute atomic E-state index is 0.377. The van der Waals surface area contributed by atoms with Gasteiger partial charge in [0, 0.05) is 6.07 Å². The molecule has 0 amide bonds. The van der Waals surface area contributed by atoms with Gasteiger partial charge in [0.05, 0.1) is 11.3 Å². The molecule has 0 aliphatic heterocycles. The highest BCUT2D eigenvalue weighted by Gasteiger charge is 2.14.